The lowest BCUT2D eigenvalue weighted by molar-refractivity contribution is 0.844. The number of hydrogen-bond acceptors (Lipinski definition) is 4. The Morgan fingerprint density at radius 2 is 1.74 bits per heavy atom. The standard InChI is InChI=1S/C15H16N4/c16-18-14-9-11-5-2-4-8-15(11)19(17)10-12-6-1-3-7-13(12)14/h1-9,18H,10,16-17H2/b14-9+. The fourth-order valence-corrected chi connectivity index (χ4v) is 2.41. The van der Waals surface area contributed by atoms with E-state index in [1.807, 2.05) is 48.5 Å². The number of hydrazine groups is 2. The SMILES string of the molecule is NN/C1=C/c2ccccc2N(N)Cc2ccccc21. The van der Waals surface area contributed by atoms with Gasteiger partial charge in [-0.05, 0) is 17.7 Å². The molecular weight excluding hydrogens is 236 g/mol. The summed E-state index contributed by atoms with van der Waals surface area (Å²) in [6, 6.07) is 16.1. The number of hydrogen-bond donors (Lipinski definition) is 3. The van der Waals surface area contributed by atoms with Crippen molar-refractivity contribution in [3.8, 4) is 0 Å². The van der Waals surface area contributed by atoms with Gasteiger partial charge in [0, 0.05) is 11.1 Å². The summed E-state index contributed by atoms with van der Waals surface area (Å²) in [5.41, 5.74) is 7.94. The number of nitrogens with one attached hydrogen (secondary N) is 1. The molecular formula is C15H16N4. The van der Waals surface area contributed by atoms with Crippen molar-refractivity contribution in [1.82, 2.24) is 5.43 Å². The minimum Gasteiger partial charge on any atom is -0.324 e. The number of fused-ring (bicyclic) bond motifs is 2. The molecule has 3 rings (SSSR count). The smallest absolute Gasteiger partial charge is 0.0599 e. The zero-order valence-electron chi connectivity index (χ0n) is 10.5. The van der Waals surface area contributed by atoms with Gasteiger partial charge >= 0.3 is 0 Å². The van der Waals surface area contributed by atoms with Gasteiger partial charge in [0.2, 0.25) is 0 Å². The van der Waals surface area contributed by atoms with Crippen molar-refractivity contribution in [3.05, 3.63) is 65.2 Å². The average Bonchev–Trinajstić information content (AvgIpc) is 2.44. The molecule has 4 nitrogen and oxygen atoms in total. The Morgan fingerprint density at radius 1 is 1.00 bits per heavy atom. The number of anilines is 1. The van der Waals surface area contributed by atoms with Gasteiger partial charge in [-0.1, -0.05) is 42.5 Å². The van der Waals surface area contributed by atoms with E-state index in [0.717, 1.165) is 28.1 Å². The summed E-state index contributed by atoms with van der Waals surface area (Å²) >= 11 is 0. The van der Waals surface area contributed by atoms with Crippen molar-refractivity contribution in [2.75, 3.05) is 5.01 Å². The van der Waals surface area contributed by atoms with Crippen LogP contribution in [0.25, 0.3) is 11.8 Å². The average molecular weight is 252 g/mol. The highest BCUT2D eigenvalue weighted by atomic mass is 15.4. The summed E-state index contributed by atoms with van der Waals surface area (Å²) < 4.78 is 0. The van der Waals surface area contributed by atoms with Crippen LogP contribution in [0.1, 0.15) is 16.7 Å². The zero-order chi connectivity index (χ0) is 13.2. The fourth-order valence-electron chi connectivity index (χ4n) is 2.41. The Bertz CT molecular complexity index is 634. The van der Waals surface area contributed by atoms with Gasteiger partial charge in [0.05, 0.1) is 17.9 Å². The highest BCUT2D eigenvalue weighted by Crippen LogP contribution is 2.29. The van der Waals surface area contributed by atoms with E-state index in [1.54, 1.807) is 5.01 Å². The van der Waals surface area contributed by atoms with E-state index in [1.165, 1.54) is 0 Å². The maximum atomic E-state index is 6.17. The van der Waals surface area contributed by atoms with E-state index >= 15 is 0 Å². The lowest BCUT2D eigenvalue weighted by Crippen LogP contribution is -2.32. The quantitative estimate of drug-likeness (QED) is 0.535. The van der Waals surface area contributed by atoms with E-state index in [2.05, 4.69) is 11.5 Å². The van der Waals surface area contributed by atoms with E-state index in [0.29, 0.717) is 6.54 Å². The summed E-state index contributed by atoms with van der Waals surface area (Å²) in [6.07, 6.45) is 2.02. The molecule has 0 fully saturated rings. The predicted molar refractivity (Wildman–Crippen MR) is 78.4 cm³/mol. The molecule has 19 heavy (non-hydrogen) atoms. The van der Waals surface area contributed by atoms with Gasteiger partial charge in [-0.25, -0.2) is 5.84 Å². The van der Waals surface area contributed by atoms with Crippen molar-refractivity contribution in [3.63, 3.8) is 0 Å². The third-order valence-corrected chi connectivity index (χ3v) is 3.35. The van der Waals surface area contributed by atoms with Crippen molar-refractivity contribution in [1.29, 1.82) is 0 Å². The van der Waals surface area contributed by atoms with Gasteiger partial charge in [0.25, 0.3) is 0 Å². The molecule has 2 aromatic rings. The Kier molecular flexibility index (Phi) is 2.95. The van der Waals surface area contributed by atoms with E-state index in [-0.39, 0.29) is 0 Å². The van der Waals surface area contributed by atoms with Crippen LogP contribution in [0.15, 0.2) is 48.5 Å². The zero-order valence-corrected chi connectivity index (χ0v) is 10.5. The number of nitrogens with zero attached hydrogens (tertiary/aromatic N) is 1. The summed E-state index contributed by atoms with van der Waals surface area (Å²) in [7, 11) is 0. The van der Waals surface area contributed by atoms with Crippen LogP contribution in [0, 0.1) is 0 Å². The van der Waals surface area contributed by atoms with Crippen LogP contribution in [0.2, 0.25) is 0 Å². The van der Waals surface area contributed by atoms with Crippen LogP contribution >= 0.6 is 0 Å². The maximum absolute atomic E-state index is 6.17. The molecule has 0 atom stereocenters. The second-order valence-electron chi connectivity index (χ2n) is 4.55. The van der Waals surface area contributed by atoms with Gasteiger partial charge < -0.3 is 10.4 Å². The third kappa shape index (κ3) is 2.07. The summed E-state index contributed by atoms with van der Waals surface area (Å²) in [5.74, 6) is 11.8. The van der Waals surface area contributed by atoms with Crippen LogP contribution < -0.4 is 22.1 Å². The van der Waals surface area contributed by atoms with Crippen LogP contribution in [-0.4, -0.2) is 0 Å². The molecule has 1 heterocycles. The molecule has 0 radical (unpaired) electrons. The molecule has 4 heteroatoms. The minimum atomic E-state index is 0.645. The summed E-state index contributed by atoms with van der Waals surface area (Å²) in [4.78, 5) is 0. The molecule has 0 amide bonds. The first-order chi connectivity index (χ1) is 9.29. The molecule has 0 unspecified atom stereocenters. The van der Waals surface area contributed by atoms with Crippen LogP contribution in [0.4, 0.5) is 5.69 Å². The monoisotopic (exact) mass is 252 g/mol. The predicted octanol–water partition coefficient (Wildman–Crippen LogP) is 1.84. The minimum absolute atomic E-state index is 0.645. The van der Waals surface area contributed by atoms with Gasteiger partial charge in [-0.15, -0.1) is 0 Å². The molecule has 1 aliphatic rings. The Balaban J connectivity index is 2.24. The van der Waals surface area contributed by atoms with Crippen LogP contribution in [0.5, 0.6) is 0 Å². The third-order valence-electron chi connectivity index (χ3n) is 3.35. The topological polar surface area (TPSA) is 67.3 Å². The van der Waals surface area contributed by atoms with Crippen molar-refractivity contribution in [2.45, 2.75) is 6.54 Å². The van der Waals surface area contributed by atoms with E-state index < -0.39 is 0 Å². The molecule has 0 bridgehead atoms. The fraction of sp³-hybridized carbons (Fsp3) is 0.0667. The lowest BCUT2D eigenvalue weighted by Gasteiger charge is -2.25. The van der Waals surface area contributed by atoms with Gasteiger partial charge in [0.15, 0.2) is 0 Å². The largest absolute Gasteiger partial charge is 0.324 e. The normalized spacial score (nSPS) is 16.5. The van der Waals surface area contributed by atoms with Gasteiger partial charge in [-0.2, -0.15) is 0 Å². The van der Waals surface area contributed by atoms with Crippen LogP contribution in [0.3, 0.4) is 0 Å². The lowest BCUT2D eigenvalue weighted by atomic mass is 9.99. The first kappa shape index (κ1) is 11.8. The molecule has 0 aromatic heterocycles. The molecule has 5 N–H and O–H groups in total. The van der Waals surface area contributed by atoms with E-state index in [9.17, 15) is 0 Å². The number of rotatable bonds is 1. The Labute approximate surface area is 112 Å². The number of nitrogens with two attached hydrogens (primary N) is 2. The highest BCUT2D eigenvalue weighted by molar-refractivity contribution is 5.86. The number of para-hydroxylation sites is 1. The molecule has 0 saturated carbocycles. The summed E-state index contributed by atoms with van der Waals surface area (Å²) in [6.45, 7) is 0.645. The maximum Gasteiger partial charge on any atom is 0.0599 e. The second-order valence-corrected chi connectivity index (χ2v) is 4.55. The van der Waals surface area contributed by atoms with Gasteiger partial charge in [-0.3, -0.25) is 5.84 Å². The van der Waals surface area contributed by atoms with Gasteiger partial charge in [0.1, 0.15) is 0 Å². The first-order valence-corrected chi connectivity index (χ1v) is 6.17. The second kappa shape index (κ2) is 4.76. The van der Waals surface area contributed by atoms with Crippen LogP contribution in [-0.2, 0) is 6.54 Å². The molecule has 96 valence electrons. The molecule has 1 aliphatic heterocycles. The van der Waals surface area contributed by atoms with Crippen molar-refractivity contribution in [2.24, 2.45) is 11.7 Å². The number of benzene rings is 2. The molecule has 2 aromatic carbocycles. The Hall–Kier alpha value is -2.30. The van der Waals surface area contributed by atoms with Crippen molar-refractivity contribution >= 4 is 17.5 Å². The molecule has 0 aliphatic carbocycles. The highest BCUT2D eigenvalue weighted by Gasteiger charge is 2.15. The molecule has 0 spiro atoms. The molecule has 0 saturated heterocycles. The summed E-state index contributed by atoms with van der Waals surface area (Å²) in [5, 5.41) is 1.76. The Morgan fingerprint density at radius 3 is 2.58 bits per heavy atom. The first-order valence-electron chi connectivity index (χ1n) is 6.17. The van der Waals surface area contributed by atoms with Crippen molar-refractivity contribution < 1.29 is 0 Å². The van der Waals surface area contributed by atoms with E-state index in [4.69, 9.17) is 11.7 Å².